The van der Waals surface area contributed by atoms with Crippen LogP contribution in [0.5, 0.6) is 0 Å². The highest BCUT2D eigenvalue weighted by molar-refractivity contribution is 7.84. The van der Waals surface area contributed by atoms with E-state index in [1.54, 1.807) is 6.26 Å². The van der Waals surface area contributed by atoms with E-state index in [0.717, 1.165) is 25.4 Å². The number of nitrogens with one attached hydrogen (secondary N) is 1. The maximum Gasteiger partial charge on any atom is 0.0385 e. The molecule has 0 aliphatic carbocycles. The lowest BCUT2D eigenvalue weighted by molar-refractivity contribution is 0.120. The maximum absolute atomic E-state index is 11.2. The van der Waals surface area contributed by atoms with Crippen molar-refractivity contribution in [2.45, 2.75) is 39.3 Å². The van der Waals surface area contributed by atoms with Crippen molar-refractivity contribution in [2.75, 3.05) is 31.6 Å². The van der Waals surface area contributed by atoms with Crippen molar-refractivity contribution in [3.63, 3.8) is 0 Å². The molecule has 96 valence electrons. The molecule has 0 aromatic carbocycles. The van der Waals surface area contributed by atoms with E-state index < -0.39 is 10.8 Å². The molecular weight excluding hydrogens is 220 g/mol. The molecule has 3 nitrogen and oxygen atoms in total. The van der Waals surface area contributed by atoms with Crippen LogP contribution in [0.25, 0.3) is 0 Å². The summed E-state index contributed by atoms with van der Waals surface area (Å²) < 4.78 is 11.2. The highest BCUT2D eigenvalue weighted by atomic mass is 32.2. The van der Waals surface area contributed by atoms with Gasteiger partial charge in [-0.05, 0) is 32.4 Å². The van der Waals surface area contributed by atoms with Crippen LogP contribution in [0.15, 0.2) is 0 Å². The minimum atomic E-state index is -0.678. The van der Waals surface area contributed by atoms with E-state index in [1.165, 1.54) is 6.42 Å². The average Bonchev–Trinajstić information content (AvgIpc) is 2.20. The first kappa shape index (κ1) is 14.1. The summed E-state index contributed by atoms with van der Waals surface area (Å²) in [5.74, 6) is 1.50. The van der Waals surface area contributed by atoms with Crippen LogP contribution in [-0.2, 0) is 10.8 Å². The molecule has 0 saturated carbocycles. The van der Waals surface area contributed by atoms with Crippen LogP contribution in [-0.4, -0.2) is 52.8 Å². The molecule has 4 unspecified atom stereocenters. The Bertz CT molecular complexity index is 235. The Morgan fingerprint density at radius 1 is 1.56 bits per heavy atom. The molecule has 0 aromatic heterocycles. The molecule has 0 spiro atoms. The van der Waals surface area contributed by atoms with Crippen LogP contribution in [0.1, 0.15) is 27.2 Å². The summed E-state index contributed by atoms with van der Waals surface area (Å²) in [5, 5.41) is 3.55. The van der Waals surface area contributed by atoms with Crippen molar-refractivity contribution in [3.8, 4) is 0 Å². The van der Waals surface area contributed by atoms with Gasteiger partial charge in [0.05, 0.1) is 0 Å². The Hall–Kier alpha value is 0.0700. The predicted molar refractivity (Wildman–Crippen MR) is 71.2 cm³/mol. The van der Waals surface area contributed by atoms with Crippen molar-refractivity contribution in [1.82, 2.24) is 10.2 Å². The van der Waals surface area contributed by atoms with Crippen LogP contribution < -0.4 is 5.32 Å². The molecular formula is C12H26N2OS. The molecule has 0 bridgehead atoms. The molecule has 0 amide bonds. The van der Waals surface area contributed by atoms with Crippen LogP contribution in [0.4, 0.5) is 0 Å². The minimum Gasteiger partial charge on any atom is -0.314 e. The van der Waals surface area contributed by atoms with E-state index in [0.29, 0.717) is 18.0 Å². The van der Waals surface area contributed by atoms with Gasteiger partial charge in [-0.15, -0.1) is 0 Å². The normalized spacial score (nSPS) is 31.2. The zero-order chi connectivity index (χ0) is 12.1. The summed E-state index contributed by atoms with van der Waals surface area (Å²) in [5.41, 5.74) is 0. The largest absolute Gasteiger partial charge is 0.314 e. The highest BCUT2D eigenvalue weighted by Crippen LogP contribution is 2.18. The van der Waals surface area contributed by atoms with Gasteiger partial charge in [-0.2, -0.15) is 0 Å². The van der Waals surface area contributed by atoms with E-state index in [9.17, 15) is 4.21 Å². The van der Waals surface area contributed by atoms with Crippen LogP contribution in [0, 0.1) is 5.92 Å². The fourth-order valence-corrected chi connectivity index (χ4v) is 3.48. The molecule has 1 N–H and O–H groups in total. The molecule has 4 atom stereocenters. The first-order valence-corrected chi connectivity index (χ1v) is 8.04. The lowest BCUT2D eigenvalue weighted by atomic mass is 9.93. The second kappa shape index (κ2) is 6.72. The van der Waals surface area contributed by atoms with E-state index in [2.05, 4.69) is 31.0 Å². The third-order valence-electron chi connectivity index (χ3n) is 3.50. The first-order valence-electron chi connectivity index (χ1n) is 6.32. The Labute approximate surface area is 102 Å². The fourth-order valence-electron chi connectivity index (χ4n) is 2.59. The quantitative estimate of drug-likeness (QED) is 0.788. The lowest BCUT2D eigenvalue weighted by Gasteiger charge is -2.40. The second-order valence-electron chi connectivity index (χ2n) is 5.01. The zero-order valence-electron chi connectivity index (χ0n) is 11.0. The standard InChI is InChI=1S/C12H26N2OS/c1-5-13-12-6-7-14(8-10(12)2)11(3)9-16(4)15/h10-13H,5-9H2,1-4H3. The number of piperidine rings is 1. The number of hydrogen-bond donors (Lipinski definition) is 1. The molecule has 16 heavy (non-hydrogen) atoms. The number of hydrogen-bond acceptors (Lipinski definition) is 3. The Kier molecular flexibility index (Phi) is 5.94. The van der Waals surface area contributed by atoms with Crippen molar-refractivity contribution in [1.29, 1.82) is 0 Å². The zero-order valence-corrected chi connectivity index (χ0v) is 11.8. The average molecular weight is 246 g/mol. The second-order valence-corrected chi connectivity index (χ2v) is 6.49. The van der Waals surface area contributed by atoms with E-state index in [-0.39, 0.29) is 0 Å². The summed E-state index contributed by atoms with van der Waals surface area (Å²) in [7, 11) is -0.678. The molecule has 1 fully saturated rings. The van der Waals surface area contributed by atoms with E-state index >= 15 is 0 Å². The molecule has 4 heteroatoms. The fraction of sp³-hybridized carbons (Fsp3) is 1.00. The molecule has 1 rings (SSSR count). The number of nitrogens with zero attached hydrogens (tertiary/aromatic N) is 1. The Balaban J connectivity index is 2.41. The highest BCUT2D eigenvalue weighted by Gasteiger charge is 2.27. The van der Waals surface area contributed by atoms with Gasteiger partial charge in [0, 0.05) is 41.4 Å². The summed E-state index contributed by atoms with van der Waals surface area (Å²) in [6.07, 6.45) is 3.01. The molecule has 0 aromatic rings. The SMILES string of the molecule is CCNC1CCN(C(C)CS(C)=O)CC1C. The molecule has 0 radical (unpaired) electrons. The van der Waals surface area contributed by atoms with Crippen LogP contribution in [0.2, 0.25) is 0 Å². The summed E-state index contributed by atoms with van der Waals surface area (Å²) in [4.78, 5) is 2.49. The molecule has 1 aliphatic heterocycles. The predicted octanol–water partition coefficient (Wildman–Crippen LogP) is 1.07. The van der Waals surface area contributed by atoms with Crippen molar-refractivity contribution in [3.05, 3.63) is 0 Å². The van der Waals surface area contributed by atoms with Gasteiger partial charge in [-0.3, -0.25) is 9.11 Å². The van der Waals surface area contributed by atoms with Gasteiger partial charge in [-0.25, -0.2) is 0 Å². The summed E-state index contributed by atoms with van der Waals surface area (Å²) in [6.45, 7) is 10.0. The van der Waals surface area contributed by atoms with E-state index in [4.69, 9.17) is 0 Å². The third-order valence-corrected chi connectivity index (χ3v) is 4.45. The van der Waals surface area contributed by atoms with Gasteiger partial charge in [0.15, 0.2) is 0 Å². The van der Waals surface area contributed by atoms with Gasteiger partial charge < -0.3 is 5.32 Å². The van der Waals surface area contributed by atoms with Gasteiger partial charge in [-0.1, -0.05) is 13.8 Å². The monoisotopic (exact) mass is 246 g/mol. The summed E-state index contributed by atoms with van der Waals surface area (Å²) >= 11 is 0. The molecule has 1 saturated heterocycles. The van der Waals surface area contributed by atoms with Gasteiger partial charge in [0.2, 0.25) is 0 Å². The van der Waals surface area contributed by atoms with Crippen molar-refractivity contribution in [2.24, 2.45) is 5.92 Å². The topological polar surface area (TPSA) is 32.3 Å². The lowest BCUT2D eigenvalue weighted by Crippen LogP contribution is -2.51. The Morgan fingerprint density at radius 2 is 2.25 bits per heavy atom. The van der Waals surface area contributed by atoms with Crippen LogP contribution >= 0.6 is 0 Å². The van der Waals surface area contributed by atoms with E-state index in [1.807, 2.05) is 0 Å². The summed E-state index contributed by atoms with van der Waals surface area (Å²) in [6, 6.07) is 1.12. The van der Waals surface area contributed by atoms with Gasteiger partial charge in [0.25, 0.3) is 0 Å². The van der Waals surface area contributed by atoms with Gasteiger partial charge >= 0.3 is 0 Å². The van der Waals surface area contributed by atoms with Gasteiger partial charge in [0.1, 0.15) is 0 Å². The number of likely N-dealkylation sites (tertiary alicyclic amines) is 1. The first-order chi connectivity index (χ1) is 7.54. The molecule has 1 aliphatic rings. The Morgan fingerprint density at radius 3 is 2.75 bits per heavy atom. The van der Waals surface area contributed by atoms with Crippen molar-refractivity contribution < 1.29 is 4.21 Å². The molecule has 1 heterocycles. The maximum atomic E-state index is 11.2. The smallest absolute Gasteiger partial charge is 0.0385 e. The van der Waals surface area contributed by atoms with Crippen LogP contribution in [0.3, 0.4) is 0 Å². The third kappa shape index (κ3) is 4.15. The van der Waals surface area contributed by atoms with Crippen molar-refractivity contribution >= 4 is 10.8 Å². The number of rotatable bonds is 5. The minimum absolute atomic E-state index is 0.454.